The van der Waals surface area contributed by atoms with Gasteiger partial charge in [0.15, 0.2) is 11.5 Å². The molecule has 0 radical (unpaired) electrons. The van der Waals surface area contributed by atoms with Gasteiger partial charge in [0.1, 0.15) is 23.4 Å². The first-order valence-corrected chi connectivity index (χ1v) is 9.07. The molecular formula is C22H19FN2O4. The smallest absolute Gasteiger partial charge is 0.246 e. The molecular weight excluding hydrogens is 375 g/mol. The van der Waals surface area contributed by atoms with Crippen LogP contribution in [0.3, 0.4) is 0 Å². The number of amides is 1. The predicted octanol–water partition coefficient (Wildman–Crippen LogP) is 4.79. The summed E-state index contributed by atoms with van der Waals surface area (Å²) in [5, 5.41) is 5.97. The van der Waals surface area contributed by atoms with Crippen LogP contribution in [-0.4, -0.2) is 18.7 Å². The van der Waals surface area contributed by atoms with E-state index in [-0.39, 0.29) is 18.5 Å². The molecule has 4 rings (SSSR count). The lowest BCUT2D eigenvalue weighted by Gasteiger charge is -2.16. The van der Waals surface area contributed by atoms with Crippen molar-refractivity contribution in [1.82, 2.24) is 0 Å². The van der Waals surface area contributed by atoms with Gasteiger partial charge in [-0.15, -0.1) is 0 Å². The average Bonchev–Trinajstić information content (AvgIpc) is 3.17. The summed E-state index contributed by atoms with van der Waals surface area (Å²) in [6, 6.07) is 17.8. The molecule has 2 N–H and O–H groups in total. The Labute approximate surface area is 167 Å². The Bertz CT molecular complexity index is 1020. The molecule has 1 aliphatic heterocycles. The van der Waals surface area contributed by atoms with Gasteiger partial charge in [0, 0.05) is 23.5 Å². The fourth-order valence-corrected chi connectivity index (χ4v) is 2.83. The van der Waals surface area contributed by atoms with Crippen molar-refractivity contribution in [2.45, 2.75) is 13.0 Å². The maximum absolute atomic E-state index is 13.2. The number of rotatable bonds is 6. The van der Waals surface area contributed by atoms with Gasteiger partial charge >= 0.3 is 0 Å². The Morgan fingerprint density at radius 2 is 1.72 bits per heavy atom. The molecule has 0 aliphatic carbocycles. The van der Waals surface area contributed by atoms with Crippen LogP contribution >= 0.6 is 0 Å². The number of carbonyl (C=O) groups is 1. The summed E-state index contributed by atoms with van der Waals surface area (Å²) < 4.78 is 29.4. The zero-order valence-electron chi connectivity index (χ0n) is 15.6. The third-order valence-corrected chi connectivity index (χ3v) is 4.30. The third-order valence-electron chi connectivity index (χ3n) is 4.30. The maximum Gasteiger partial charge on any atom is 0.246 e. The molecule has 0 saturated heterocycles. The summed E-state index contributed by atoms with van der Waals surface area (Å²) in [7, 11) is 0. The van der Waals surface area contributed by atoms with Gasteiger partial charge in [-0.1, -0.05) is 6.07 Å². The number of fused-ring (bicyclic) bond motifs is 1. The molecule has 0 bridgehead atoms. The highest BCUT2D eigenvalue weighted by Gasteiger charge is 2.17. The highest BCUT2D eigenvalue weighted by Crippen LogP contribution is 2.34. The van der Waals surface area contributed by atoms with E-state index in [1.54, 1.807) is 61.5 Å². The summed E-state index contributed by atoms with van der Waals surface area (Å²) in [4.78, 5) is 12.5. The quantitative estimate of drug-likeness (QED) is 0.629. The lowest BCUT2D eigenvalue weighted by Crippen LogP contribution is -2.31. The highest BCUT2D eigenvalue weighted by atomic mass is 19.1. The van der Waals surface area contributed by atoms with E-state index in [4.69, 9.17) is 14.2 Å². The number of carbonyl (C=O) groups excluding carboxylic acids is 1. The Morgan fingerprint density at radius 3 is 2.52 bits per heavy atom. The minimum Gasteiger partial charge on any atom is -0.457 e. The maximum atomic E-state index is 13.2. The molecule has 1 amide bonds. The molecule has 6 nitrogen and oxygen atoms in total. The molecule has 0 spiro atoms. The molecule has 3 aromatic carbocycles. The number of anilines is 2. The number of halogens is 1. The van der Waals surface area contributed by atoms with Crippen molar-refractivity contribution in [3.63, 3.8) is 0 Å². The molecule has 148 valence electrons. The Kier molecular flexibility index (Phi) is 5.20. The zero-order chi connectivity index (χ0) is 20.2. The van der Waals surface area contributed by atoms with Crippen molar-refractivity contribution in [2.24, 2.45) is 0 Å². The largest absolute Gasteiger partial charge is 0.457 e. The standard InChI is InChI=1S/C22H19FN2O4/c1-14(22(26)25-17-7-10-20-21(12-17)28-13-27-20)24-16-5-8-18(9-6-16)29-19-4-2-3-15(23)11-19/h2-12,14,24H,13H2,1H3,(H,25,26). The first-order chi connectivity index (χ1) is 14.1. The van der Waals surface area contributed by atoms with E-state index in [9.17, 15) is 9.18 Å². The topological polar surface area (TPSA) is 68.8 Å². The van der Waals surface area contributed by atoms with Gasteiger partial charge < -0.3 is 24.8 Å². The van der Waals surface area contributed by atoms with E-state index < -0.39 is 6.04 Å². The number of hydrogen-bond acceptors (Lipinski definition) is 5. The van der Waals surface area contributed by atoms with E-state index in [0.29, 0.717) is 28.7 Å². The lowest BCUT2D eigenvalue weighted by atomic mass is 10.2. The van der Waals surface area contributed by atoms with Crippen LogP contribution in [0.1, 0.15) is 6.92 Å². The van der Waals surface area contributed by atoms with Crippen molar-refractivity contribution in [2.75, 3.05) is 17.4 Å². The highest BCUT2D eigenvalue weighted by molar-refractivity contribution is 5.96. The summed E-state index contributed by atoms with van der Waals surface area (Å²) in [6.07, 6.45) is 0. The van der Waals surface area contributed by atoms with Crippen LogP contribution in [0.4, 0.5) is 15.8 Å². The second kappa shape index (κ2) is 8.10. The number of hydrogen-bond donors (Lipinski definition) is 2. The molecule has 0 saturated carbocycles. The van der Waals surface area contributed by atoms with E-state index in [1.165, 1.54) is 12.1 Å². The van der Waals surface area contributed by atoms with Gasteiger partial charge in [-0.3, -0.25) is 4.79 Å². The minimum atomic E-state index is -0.476. The number of ether oxygens (including phenoxy) is 3. The average molecular weight is 394 g/mol. The van der Waals surface area contributed by atoms with E-state index >= 15 is 0 Å². The molecule has 3 aromatic rings. The van der Waals surface area contributed by atoms with Crippen LogP contribution in [-0.2, 0) is 4.79 Å². The van der Waals surface area contributed by atoms with Gasteiger partial charge in [-0.05, 0) is 55.5 Å². The molecule has 7 heteroatoms. The third kappa shape index (κ3) is 4.57. The minimum absolute atomic E-state index is 0.184. The molecule has 0 aromatic heterocycles. The van der Waals surface area contributed by atoms with Crippen molar-refractivity contribution in [3.05, 3.63) is 72.5 Å². The summed E-state index contributed by atoms with van der Waals surface area (Å²) in [5.41, 5.74) is 1.39. The molecule has 0 fully saturated rings. The Hall–Kier alpha value is -3.74. The van der Waals surface area contributed by atoms with E-state index in [0.717, 1.165) is 5.69 Å². The first-order valence-electron chi connectivity index (χ1n) is 9.07. The summed E-state index contributed by atoms with van der Waals surface area (Å²) in [5.74, 6) is 1.71. The molecule has 1 atom stereocenters. The van der Waals surface area contributed by atoms with Crippen LogP contribution in [0.25, 0.3) is 0 Å². The van der Waals surface area contributed by atoms with Crippen molar-refractivity contribution in [1.29, 1.82) is 0 Å². The van der Waals surface area contributed by atoms with Crippen molar-refractivity contribution >= 4 is 17.3 Å². The van der Waals surface area contributed by atoms with Crippen LogP contribution in [0.5, 0.6) is 23.0 Å². The monoisotopic (exact) mass is 394 g/mol. The van der Waals surface area contributed by atoms with E-state index in [1.807, 2.05) is 0 Å². The SMILES string of the molecule is CC(Nc1ccc(Oc2cccc(F)c2)cc1)C(=O)Nc1ccc2c(c1)OCO2. The molecule has 1 aliphatic rings. The van der Waals surface area contributed by atoms with Gasteiger partial charge in [0.25, 0.3) is 0 Å². The Balaban J connectivity index is 1.34. The molecule has 29 heavy (non-hydrogen) atoms. The van der Waals surface area contributed by atoms with Crippen molar-refractivity contribution in [3.8, 4) is 23.0 Å². The zero-order valence-corrected chi connectivity index (χ0v) is 15.6. The first kappa shape index (κ1) is 18.6. The van der Waals surface area contributed by atoms with Gasteiger partial charge in [0.2, 0.25) is 12.7 Å². The predicted molar refractivity (Wildman–Crippen MR) is 107 cm³/mol. The normalized spacial score (nSPS) is 12.9. The number of nitrogens with one attached hydrogen (secondary N) is 2. The summed E-state index contributed by atoms with van der Waals surface area (Å²) >= 11 is 0. The van der Waals surface area contributed by atoms with Gasteiger partial charge in [0.05, 0.1) is 0 Å². The lowest BCUT2D eigenvalue weighted by molar-refractivity contribution is -0.116. The van der Waals surface area contributed by atoms with Crippen molar-refractivity contribution < 1.29 is 23.4 Å². The number of benzene rings is 3. The van der Waals surface area contributed by atoms with Gasteiger partial charge in [-0.25, -0.2) is 4.39 Å². The fraction of sp³-hybridized carbons (Fsp3) is 0.136. The van der Waals surface area contributed by atoms with E-state index in [2.05, 4.69) is 10.6 Å². The van der Waals surface area contributed by atoms with Gasteiger partial charge in [-0.2, -0.15) is 0 Å². The second-order valence-electron chi connectivity index (χ2n) is 6.51. The van der Waals surface area contributed by atoms with Crippen LogP contribution in [0.2, 0.25) is 0 Å². The Morgan fingerprint density at radius 1 is 0.966 bits per heavy atom. The van der Waals surface area contributed by atoms with Crippen LogP contribution in [0.15, 0.2) is 66.7 Å². The van der Waals surface area contributed by atoms with Crippen LogP contribution in [0, 0.1) is 5.82 Å². The summed E-state index contributed by atoms with van der Waals surface area (Å²) in [6.45, 7) is 1.95. The molecule has 1 unspecified atom stereocenters. The van der Waals surface area contributed by atoms with Crippen LogP contribution < -0.4 is 24.8 Å². The second-order valence-corrected chi connectivity index (χ2v) is 6.51. The fourth-order valence-electron chi connectivity index (χ4n) is 2.83. The molecule has 1 heterocycles.